The fourth-order valence-electron chi connectivity index (χ4n) is 1.97. The highest BCUT2D eigenvalue weighted by Crippen LogP contribution is 2.21. The van der Waals surface area contributed by atoms with E-state index in [1.165, 1.54) is 0 Å². The Morgan fingerprint density at radius 2 is 2.27 bits per heavy atom. The molecule has 86 valence electrons. The number of aliphatic carboxylic acids is 1. The zero-order valence-electron chi connectivity index (χ0n) is 8.98. The summed E-state index contributed by atoms with van der Waals surface area (Å²) in [6.07, 6.45) is 2.03. The number of amides is 1. The first-order valence-corrected chi connectivity index (χ1v) is 5.27. The van der Waals surface area contributed by atoms with E-state index in [2.05, 4.69) is 0 Å². The van der Waals surface area contributed by atoms with Gasteiger partial charge >= 0.3 is 5.97 Å². The Kier molecular flexibility index (Phi) is 4.08. The number of hydrogen-bond acceptors (Lipinski definition) is 3. The predicted molar refractivity (Wildman–Crippen MR) is 55.3 cm³/mol. The van der Waals surface area contributed by atoms with Gasteiger partial charge < -0.3 is 15.7 Å². The van der Waals surface area contributed by atoms with Crippen molar-refractivity contribution < 1.29 is 14.7 Å². The SMILES string of the molecule is CC(N)CC(=O)N1CCCC1CC(=O)O. The molecule has 0 saturated carbocycles. The molecule has 1 amide bonds. The average Bonchev–Trinajstić information content (AvgIpc) is 2.49. The van der Waals surface area contributed by atoms with Gasteiger partial charge in [-0.05, 0) is 19.8 Å². The molecular formula is C10H18N2O3. The predicted octanol–water partition coefficient (Wildman–Crippen LogP) is 0.189. The third-order valence-corrected chi connectivity index (χ3v) is 2.60. The van der Waals surface area contributed by atoms with Gasteiger partial charge in [-0.25, -0.2) is 0 Å². The summed E-state index contributed by atoms with van der Waals surface area (Å²) in [5.41, 5.74) is 5.54. The number of nitrogens with two attached hydrogens (primary N) is 1. The van der Waals surface area contributed by atoms with Crippen LogP contribution in [0.3, 0.4) is 0 Å². The van der Waals surface area contributed by atoms with Crippen LogP contribution in [0.5, 0.6) is 0 Å². The quantitative estimate of drug-likeness (QED) is 0.699. The fraction of sp³-hybridized carbons (Fsp3) is 0.800. The van der Waals surface area contributed by atoms with Crippen molar-refractivity contribution in [3.05, 3.63) is 0 Å². The molecule has 1 aliphatic heterocycles. The van der Waals surface area contributed by atoms with E-state index >= 15 is 0 Å². The van der Waals surface area contributed by atoms with Gasteiger partial charge in [-0.15, -0.1) is 0 Å². The van der Waals surface area contributed by atoms with Gasteiger partial charge in [0.1, 0.15) is 0 Å². The number of hydrogen-bond donors (Lipinski definition) is 2. The molecule has 1 rings (SSSR count). The molecule has 1 heterocycles. The third-order valence-electron chi connectivity index (χ3n) is 2.60. The first kappa shape index (κ1) is 12.0. The van der Waals surface area contributed by atoms with Crippen molar-refractivity contribution in [2.75, 3.05) is 6.54 Å². The number of carbonyl (C=O) groups excluding carboxylic acids is 1. The molecule has 0 aromatic heterocycles. The van der Waals surface area contributed by atoms with E-state index in [0.717, 1.165) is 12.8 Å². The molecule has 0 spiro atoms. The van der Waals surface area contributed by atoms with Crippen molar-refractivity contribution in [2.45, 2.75) is 44.7 Å². The second-order valence-corrected chi connectivity index (χ2v) is 4.16. The smallest absolute Gasteiger partial charge is 0.305 e. The van der Waals surface area contributed by atoms with Gasteiger partial charge in [0.05, 0.1) is 6.42 Å². The summed E-state index contributed by atoms with van der Waals surface area (Å²) in [6.45, 7) is 2.45. The minimum absolute atomic E-state index is 0.0197. The molecule has 0 aliphatic carbocycles. The highest BCUT2D eigenvalue weighted by molar-refractivity contribution is 5.78. The lowest BCUT2D eigenvalue weighted by atomic mass is 10.1. The zero-order chi connectivity index (χ0) is 11.4. The molecular weight excluding hydrogens is 196 g/mol. The van der Waals surface area contributed by atoms with Gasteiger partial charge in [-0.1, -0.05) is 0 Å². The lowest BCUT2D eigenvalue weighted by Gasteiger charge is -2.24. The van der Waals surface area contributed by atoms with Crippen molar-refractivity contribution in [3.8, 4) is 0 Å². The normalized spacial score (nSPS) is 22.8. The average molecular weight is 214 g/mol. The maximum absolute atomic E-state index is 11.7. The molecule has 1 aliphatic rings. The van der Waals surface area contributed by atoms with Gasteiger partial charge in [0, 0.05) is 25.0 Å². The van der Waals surface area contributed by atoms with Crippen LogP contribution in [0.25, 0.3) is 0 Å². The molecule has 0 bridgehead atoms. The topological polar surface area (TPSA) is 83.6 Å². The highest BCUT2D eigenvalue weighted by atomic mass is 16.4. The maximum atomic E-state index is 11.7. The highest BCUT2D eigenvalue weighted by Gasteiger charge is 2.30. The number of carboxylic acid groups (broad SMARTS) is 1. The molecule has 0 radical (unpaired) electrons. The Morgan fingerprint density at radius 1 is 1.60 bits per heavy atom. The molecule has 5 nitrogen and oxygen atoms in total. The van der Waals surface area contributed by atoms with Crippen molar-refractivity contribution in [3.63, 3.8) is 0 Å². The standard InChI is InChI=1S/C10H18N2O3/c1-7(11)5-9(13)12-4-2-3-8(12)6-10(14)15/h7-8H,2-6,11H2,1H3,(H,14,15). The number of carboxylic acids is 1. The maximum Gasteiger partial charge on any atom is 0.305 e. The van der Waals surface area contributed by atoms with Crippen LogP contribution in [-0.2, 0) is 9.59 Å². The number of carbonyl (C=O) groups is 2. The molecule has 1 fully saturated rings. The minimum atomic E-state index is -0.847. The minimum Gasteiger partial charge on any atom is -0.481 e. The Labute approximate surface area is 89.2 Å². The van der Waals surface area contributed by atoms with Gasteiger partial charge in [0.25, 0.3) is 0 Å². The van der Waals surface area contributed by atoms with Gasteiger partial charge in [0.2, 0.25) is 5.91 Å². The Hall–Kier alpha value is -1.10. The number of rotatable bonds is 4. The second kappa shape index (κ2) is 5.11. The zero-order valence-corrected chi connectivity index (χ0v) is 8.98. The molecule has 3 N–H and O–H groups in total. The summed E-state index contributed by atoms with van der Waals surface area (Å²) in [5, 5.41) is 8.69. The summed E-state index contributed by atoms with van der Waals surface area (Å²) in [7, 11) is 0. The molecule has 1 saturated heterocycles. The van der Waals surface area contributed by atoms with E-state index in [0.29, 0.717) is 13.0 Å². The first-order valence-electron chi connectivity index (χ1n) is 5.27. The van der Waals surface area contributed by atoms with Crippen LogP contribution in [0.1, 0.15) is 32.6 Å². The lowest BCUT2D eigenvalue weighted by Crippen LogP contribution is -2.39. The summed E-state index contributed by atoms with van der Waals surface area (Å²) < 4.78 is 0. The molecule has 0 aromatic carbocycles. The van der Waals surface area contributed by atoms with Crippen molar-refractivity contribution in [1.29, 1.82) is 0 Å². The molecule has 5 heteroatoms. The largest absolute Gasteiger partial charge is 0.481 e. The van der Waals surface area contributed by atoms with Crippen molar-refractivity contribution in [2.24, 2.45) is 5.73 Å². The molecule has 15 heavy (non-hydrogen) atoms. The Morgan fingerprint density at radius 3 is 2.80 bits per heavy atom. The lowest BCUT2D eigenvalue weighted by molar-refractivity contribution is -0.139. The van der Waals surface area contributed by atoms with E-state index in [-0.39, 0.29) is 24.4 Å². The van der Waals surface area contributed by atoms with E-state index in [1.54, 1.807) is 11.8 Å². The van der Waals surface area contributed by atoms with E-state index in [1.807, 2.05) is 0 Å². The van der Waals surface area contributed by atoms with Crippen LogP contribution in [0.2, 0.25) is 0 Å². The van der Waals surface area contributed by atoms with E-state index in [4.69, 9.17) is 10.8 Å². The van der Waals surface area contributed by atoms with Crippen LogP contribution in [0, 0.1) is 0 Å². The van der Waals surface area contributed by atoms with Crippen LogP contribution >= 0.6 is 0 Å². The van der Waals surface area contributed by atoms with Crippen LogP contribution in [-0.4, -0.2) is 40.5 Å². The van der Waals surface area contributed by atoms with Crippen molar-refractivity contribution >= 4 is 11.9 Å². The van der Waals surface area contributed by atoms with Gasteiger partial charge in [-0.2, -0.15) is 0 Å². The number of likely N-dealkylation sites (tertiary alicyclic amines) is 1. The summed E-state index contributed by atoms with van der Waals surface area (Å²) >= 11 is 0. The number of nitrogens with zero attached hydrogens (tertiary/aromatic N) is 1. The molecule has 2 unspecified atom stereocenters. The Balaban J connectivity index is 2.52. The van der Waals surface area contributed by atoms with Gasteiger partial charge in [-0.3, -0.25) is 9.59 Å². The van der Waals surface area contributed by atoms with Crippen molar-refractivity contribution in [1.82, 2.24) is 4.90 Å². The summed E-state index contributed by atoms with van der Waals surface area (Å²) in [4.78, 5) is 23.9. The fourth-order valence-corrected chi connectivity index (χ4v) is 1.97. The molecule has 2 atom stereocenters. The summed E-state index contributed by atoms with van der Waals surface area (Å²) in [6, 6.07) is -0.294. The van der Waals surface area contributed by atoms with Crippen LogP contribution in [0.15, 0.2) is 0 Å². The van der Waals surface area contributed by atoms with E-state index in [9.17, 15) is 9.59 Å². The van der Waals surface area contributed by atoms with E-state index < -0.39 is 5.97 Å². The second-order valence-electron chi connectivity index (χ2n) is 4.16. The monoisotopic (exact) mass is 214 g/mol. The van der Waals surface area contributed by atoms with Crippen LogP contribution < -0.4 is 5.73 Å². The van der Waals surface area contributed by atoms with Crippen LogP contribution in [0.4, 0.5) is 0 Å². The first-order chi connectivity index (χ1) is 7.00. The van der Waals surface area contributed by atoms with Gasteiger partial charge in [0.15, 0.2) is 0 Å². The summed E-state index contributed by atoms with van der Waals surface area (Å²) in [5.74, 6) is -0.866. The third kappa shape index (κ3) is 3.51. The Bertz CT molecular complexity index is 253. The molecule has 0 aromatic rings.